The zero-order chi connectivity index (χ0) is 17.5. The molecule has 1 aromatic carbocycles. The zero-order valence-electron chi connectivity index (χ0n) is 14.1. The van der Waals surface area contributed by atoms with Gasteiger partial charge in [-0.05, 0) is 49.9 Å². The molecule has 0 radical (unpaired) electrons. The largest absolute Gasteiger partial charge is 0.293 e. The summed E-state index contributed by atoms with van der Waals surface area (Å²) in [7, 11) is -7.78. The quantitative estimate of drug-likeness (QED) is 0.809. The fraction of sp³-hybridized carbons (Fsp3) is 0.625. The number of anilines is 1. The fourth-order valence-electron chi connectivity index (χ4n) is 4.06. The van der Waals surface area contributed by atoms with Crippen LogP contribution >= 0.6 is 0 Å². The molecule has 2 fully saturated rings. The number of fused-ring (bicyclic) bond motifs is 1. The molecule has 0 amide bonds. The number of hydrogen-bond donors (Lipinski definition) is 0. The molecular formula is C16H24N2O4S2. The van der Waals surface area contributed by atoms with Gasteiger partial charge in [-0.2, -0.15) is 3.71 Å². The van der Waals surface area contributed by atoms with E-state index < -0.39 is 20.0 Å². The predicted molar refractivity (Wildman–Crippen MR) is 94.9 cm³/mol. The van der Waals surface area contributed by atoms with Crippen molar-refractivity contribution in [3.05, 3.63) is 29.8 Å². The minimum Gasteiger partial charge on any atom is -0.293 e. The van der Waals surface area contributed by atoms with Crippen molar-refractivity contribution in [1.29, 1.82) is 0 Å². The zero-order valence-corrected chi connectivity index (χ0v) is 15.7. The van der Waals surface area contributed by atoms with Crippen molar-refractivity contribution in [2.75, 3.05) is 22.8 Å². The molecule has 2 aliphatic rings. The average molecular weight is 373 g/mol. The lowest BCUT2D eigenvalue weighted by molar-refractivity contribution is 0.150. The van der Waals surface area contributed by atoms with Gasteiger partial charge in [-0.3, -0.25) is 4.90 Å². The van der Waals surface area contributed by atoms with E-state index in [9.17, 15) is 16.8 Å². The van der Waals surface area contributed by atoms with Crippen molar-refractivity contribution >= 4 is 25.7 Å². The third-order valence-electron chi connectivity index (χ3n) is 4.94. The van der Waals surface area contributed by atoms with Crippen LogP contribution in [0.15, 0.2) is 24.3 Å². The average Bonchev–Trinajstić information content (AvgIpc) is 2.89. The second-order valence-corrected chi connectivity index (χ2v) is 10.7. The van der Waals surface area contributed by atoms with E-state index >= 15 is 0 Å². The molecule has 2 saturated heterocycles. The number of rotatable bonds is 4. The van der Waals surface area contributed by atoms with Gasteiger partial charge in [-0.1, -0.05) is 18.6 Å². The van der Waals surface area contributed by atoms with Gasteiger partial charge in [0, 0.05) is 12.1 Å². The van der Waals surface area contributed by atoms with E-state index in [-0.39, 0.29) is 5.69 Å². The third kappa shape index (κ3) is 3.45. The molecule has 2 unspecified atom stereocenters. The van der Waals surface area contributed by atoms with Crippen LogP contribution in [0.3, 0.4) is 0 Å². The summed E-state index contributed by atoms with van der Waals surface area (Å²) in [6, 6.07) is 7.92. The van der Waals surface area contributed by atoms with E-state index in [4.69, 9.17) is 0 Å². The van der Waals surface area contributed by atoms with Gasteiger partial charge < -0.3 is 0 Å². The van der Waals surface area contributed by atoms with Crippen LogP contribution in [-0.2, 0) is 20.0 Å². The van der Waals surface area contributed by atoms with Crippen LogP contribution < -0.4 is 3.71 Å². The maximum Gasteiger partial charge on any atom is 0.245 e. The molecule has 0 aromatic heterocycles. The topological polar surface area (TPSA) is 74.8 Å². The monoisotopic (exact) mass is 372 g/mol. The van der Waals surface area contributed by atoms with Crippen LogP contribution in [0.2, 0.25) is 0 Å². The van der Waals surface area contributed by atoms with Crippen LogP contribution in [0.4, 0.5) is 5.69 Å². The molecule has 2 heterocycles. The fourth-order valence-corrected chi connectivity index (χ4v) is 7.04. The molecule has 0 bridgehead atoms. The first kappa shape index (κ1) is 17.7. The van der Waals surface area contributed by atoms with E-state index in [1.165, 1.54) is 25.7 Å². The smallest absolute Gasteiger partial charge is 0.245 e. The number of piperidine rings is 1. The summed E-state index contributed by atoms with van der Waals surface area (Å²) in [4.78, 5) is 2.55. The Labute approximate surface area is 144 Å². The summed E-state index contributed by atoms with van der Waals surface area (Å²) in [5.41, 5.74) is 1.29. The van der Waals surface area contributed by atoms with Gasteiger partial charge in [0.25, 0.3) is 0 Å². The van der Waals surface area contributed by atoms with Crippen molar-refractivity contribution in [1.82, 2.24) is 4.90 Å². The van der Waals surface area contributed by atoms with E-state index in [1.54, 1.807) is 12.1 Å². The molecule has 8 heteroatoms. The molecule has 6 nitrogen and oxygen atoms in total. The van der Waals surface area contributed by atoms with Gasteiger partial charge in [0.15, 0.2) is 0 Å². The van der Waals surface area contributed by atoms with Crippen molar-refractivity contribution in [2.24, 2.45) is 0 Å². The number of benzene rings is 1. The molecule has 0 N–H and O–H groups in total. The van der Waals surface area contributed by atoms with Crippen molar-refractivity contribution in [3.63, 3.8) is 0 Å². The molecule has 0 spiro atoms. The Kier molecular flexibility index (Phi) is 4.65. The highest BCUT2D eigenvalue weighted by Gasteiger charge is 2.35. The normalized spacial score (nSPS) is 25.4. The summed E-state index contributed by atoms with van der Waals surface area (Å²) in [5.74, 6) is 0. The SMILES string of the molecule is CS(=O)(=O)N(c1ccc(C2CCC3CCCCN32)cc1)S(C)(=O)=O. The minimum absolute atomic E-state index is 0.164. The third-order valence-corrected chi connectivity index (χ3v) is 8.19. The van der Waals surface area contributed by atoms with Gasteiger partial charge in [-0.15, -0.1) is 0 Å². The first-order valence-electron chi connectivity index (χ1n) is 8.24. The number of sulfonamides is 2. The second-order valence-electron chi connectivity index (χ2n) is 6.80. The molecule has 2 aliphatic heterocycles. The van der Waals surface area contributed by atoms with Crippen molar-refractivity contribution < 1.29 is 16.8 Å². The van der Waals surface area contributed by atoms with Crippen LogP contribution in [-0.4, -0.2) is 46.8 Å². The first-order valence-corrected chi connectivity index (χ1v) is 11.9. The Hall–Kier alpha value is -1.12. The van der Waals surface area contributed by atoms with Gasteiger partial charge >= 0.3 is 0 Å². The molecule has 24 heavy (non-hydrogen) atoms. The molecule has 3 rings (SSSR count). The van der Waals surface area contributed by atoms with Gasteiger partial charge in [0.1, 0.15) is 0 Å². The second kappa shape index (κ2) is 6.31. The highest BCUT2D eigenvalue weighted by atomic mass is 32.3. The molecule has 1 aromatic rings. The van der Waals surface area contributed by atoms with E-state index in [0.29, 0.717) is 15.8 Å². The van der Waals surface area contributed by atoms with Gasteiger partial charge in [-0.25, -0.2) is 16.8 Å². The Morgan fingerprint density at radius 1 is 0.917 bits per heavy atom. The Balaban J connectivity index is 1.88. The Bertz CT molecular complexity index is 771. The molecule has 0 saturated carbocycles. The maximum absolute atomic E-state index is 11.8. The minimum atomic E-state index is -3.89. The first-order chi connectivity index (χ1) is 11.2. The number of nitrogens with zero attached hydrogens (tertiary/aromatic N) is 2. The molecule has 134 valence electrons. The van der Waals surface area contributed by atoms with Crippen molar-refractivity contribution in [2.45, 2.75) is 44.2 Å². The van der Waals surface area contributed by atoms with Crippen molar-refractivity contribution in [3.8, 4) is 0 Å². The van der Waals surface area contributed by atoms with E-state index in [1.807, 2.05) is 12.1 Å². The summed E-state index contributed by atoms with van der Waals surface area (Å²) in [6.45, 7) is 1.11. The Morgan fingerprint density at radius 2 is 1.54 bits per heavy atom. The van der Waals surface area contributed by atoms with Crippen LogP contribution in [0.1, 0.15) is 43.7 Å². The Morgan fingerprint density at radius 3 is 2.12 bits per heavy atom. The highest BCUT2D eigenvalue weighted by Crippen LogP contribution is 2.40. The summed E-state index contributed by atoms with van der Waals surface area (Å²) >= 11 is 0. The van der Waals surface area contributed by atoms with E-state index in [0.717, 1.165) is 31.0 Å². The summed E-state index contributed by atoms with van der Waals surface area (Å²) in [6.07, 6.45) is 7.88. The maximum atomic E-state index is 11.8. The van der Waals surface area contributed by atoms with Crippen LogP contribution in [0, 0.1) is 0 Å². The lowest BCUT2D eigenvalue weighted by Gasteiger charge is -2.34. The van der Waals surface area contributed by atoms with Crippen LogP contribution in [0.25, 0.3) is 0 Å². The standard InChI is InChI=1S/C16H24N2O4S2/c1-23(19,20)18(24(2,21)22)15-8-6-13(7-9-15)16-11-10-14-5-3-4-12-17(14)16/h6-9,14,16H,3-5,10-12H2,1-2H3. The van der Waals surface area contributed by atoms with E-state index in [2.05, 4.69) is 4.90 Å². The molecular weight excluding hydrogens is 348 g/mol. The summed E-state index contributed by atoms with van der Waals surface area (Å²) in [5, 5.41) is 0. The number of hydrogen-bond acceptors (Lipinski definition) is 5. The predicted octanol–water partition coefficient (Wildman–Crippen LogP) is 2.10. The highest BCUT2D eigenvalue weighted by molar-refractivity contribution is 8.09. The van der Waals surface area contributed by atoms with Gasteiger partial charge in [0.05, 0.1) is 18.2 Å². The molecule has 0 aliphatic carbocycles. The van der Waals surface area contributed by atoms with Gasteiger partial charge in [0.2, 0.25) is 20.0 Å². The molecule has 2 atom stereocenters. The lowest BCUT2D eigenvalue weighted by atomic mass is 10.0. The van der Waals surface area contributed by atoms with Crippen LogP contribution in [0.5, 0.6) is 0 Å². The summed E-state index contributed by atoms with van der Waals surface area (Å²) < 4.78 is 47.9. The lowest BCUT2D eigenvalue weighted by Crippen LogP contribution is -2.36.